The van der Waals surface area contributed by atoms with Gasteiger partial charge in [0.05, 0.1) is 12.3 Å². The third-order valence-electron chi connectivity index (χ3n) is 4.14. The largest absolute Gasteiger partial charge is 0.476 e. The van der Waals surface area contributed by atoms with Crippen LogP contribution < -0.4 is 15.2 Å². The summed E-state index contributed by atoms with van der Waals surface area (Å²) in [6, 6.07) is 3.64. The minimum atomic E-state index is 0.261. The summed E-state index contributed by atoms with van der Waals surface area (Å²) in [5, 5.41) is 0. The second kappa shape index (κ2) is 6.82. The van der Waals surface area contributed by atoms with Crippen molar-refractivity contribution in [3.05, 3.63) is 12.1 Å². The van der Waals surface area contributed by atoms with Crippen molar-refractivity contribution in [3.8, 4) is 11.8 Å². The van der Waals surface area contributed by atoms with Gasteiger partial charge in [-0.05, 0) is 43.6 Å². The number of pyridine rings is 1. The van der Waals surface area contributed by atoms with E-state index < -0.39 is 0 Å². The third-order valence-corrected chi connectivity index (χ3v) is 4.14. The van der Waals surface area contributed by atoms with Crippen LogP contribution >= 0.6 is 0 Å². The summed E-state index contributed by atoms with van der Waals surface area (Å²) in [5.41, 5.74) is 6.43. The Morgan fingerprint density at radius 2 is 2.05 bits per heavy atom. The van der Waals surface area contributed by atoms with Crippen molar-refractivity contribution < 1.29 is 9.47 Å². The summed E-state index contributed by atoms with van der Waals surface area (Å²) in [6.45, 7) is 7.30. The van der Waals surface area contributed by atoms with E-state index in [1.54, 1.807) is 0 Å². The normalized spacial score (nSPS) is 26.2. The van der Waals surface area contributed by atoms with Gasteiger partial charge in [-0.1, -0.05) is 20.8 Å². The lowest BCUT2D eigenvalue weighted by Crippen LogP contribution is -2.29. The first-order chi connectivity index (χ1) is 9.60. The maximum absolute atomic E-state index is 6.00. The number of hydrogen-bond donors (Lipinski definition) is 1. The van der Waals surface area contributed by atoms with Gasteiger partial charge in [0.15, 0.2) is 0 Å². The molecular weight excluding hydrogens is 252 g/mol. The van der Waals surface area contributed by atoms with Gasteiger partial charge in [0.1, 0.15) is 6.10 Å². The molecule has 4 nitrogen and oxygen atoms in total. The van der Waals surface area contributed by atoms with Crippen LogP contribution in [0.25, 0.3) is 0 Å². The van der Waals surface area contributed by atoms with E-state index >= 15 is 0 Å². The van der Waals surface area contributed by atoms with Crippen LogP contribution in [0.4, 0.5) is 5.69 Å². The molecule has 0 saturated heterocycles. The highest BCUT2D eigenvalue weighted by molar-refractivity contribution is 5.49. The molecule has 1 aliphatic rings. The molecule has 3 unspecified atom stereocenters. The molecule has 1 fully saturated rings. The van der Waals surface area contributed by atoms with Crippen molar-refractivity contribution in [2.45, 2.75) is 52.6 Å². The lowest BCUT2D eigenvalue weighted by molar-refractivity contribution is 0.0956. The zero-order chi connectivity index (χ0) is 14.5. The van der Waals surface area contributed by atoms with Crippen LogP contribution in [0.1, 0.15) is 46.5 Å². The van der Waals surface area contributed by atoms with E-state index in [1.807, 2.05) is 12.1 Å². The number of aromatic nitrogens is 1. The Balaban J connectivity index is 1.99. The molecule has 1 saturated carbocycles. The molecule has 2 N–H and O–H groups in total. The summed E-state index contributed by atoms with van der Waals surface area (Å²) in [7, 11) is 0. The molecule has 20 heavy (non-hydrogen) atoms. The maximum Gasteiger partial charge on any atom is 0.240 e. The lowest BCUT2D eigenvalue weighted by Gasteiger charge is -2.31. The second-order valence-electron chi connectivity index (χ2n) is 5.90. The Labute approximate surface area is 121 Å². The van der Waals surface area contributed by atoms with Crippen LogP contribution in [-0.4, -0.2) is 17.7 Å². The molecule has 3 atom stereocenters. The molecule has 2 rings (SSSR count). The highest BCUT2D eigenvalue weighted by Gasteiger charge is 2.26. The van der Waals surface area contributed by atoms with Gasteiger partial charge >= 0.3 is 0 Å². The average molecular weight is 278 g/mol. The predicted octanol–water partition coefficient (Wildman–Crippen LogP) is 3.66. The smallest absolute Gasteiger partial charge is 0.240 e. The number of rotatable bonds is 5. The van der Waals surface area contributed by atoms with Gasteiger partial charge in [-0.15, -0.1) is 0 Å². The SMILES string of the molecule is CCCOc1nc(OC2CCC(C)C(C)C2)ccc1N. The van der Waals surface area contributed by atoms with Gasteiger partial charge in [-0.3, -0.25) is 0 Å². The number of ether oxygens (including phenoxy) is 2. The molecule has 1 aliphatic carbocycles. The molecular formula is C16H26N2O2. The first-order valence-electron chi connectivity index (χ1n) is 7.66. The highest BCUT2D eigenvalue weighted by atomic mass is 16.5. The van der Waals surface area contributed by atoms with E-state index in [9.17, 15) is 0 Å². The van der Waals surface area contributed by atoms with Gasteiger partial charge in [0.25, 0.3) is 0 Å². The van der Waals surface area contributed by atoms with E-state index in [0.717, 1.165) is 25.2 Å². The van der Waals surface area contributed by atoms with E-state index in [-0.39, 0.29) is 6.10 Å². The van der Waals surface area contributed by atoms with Crippen molar-refractivity contribution >= 4 is 5.69 Å². The van der Waals surface area contributed by atoms with Gasteiger partial charge in [0, 0.05) is 6.07 Å². The Morgan fingerprint density at radius 3 is 2.75 bits per heavy atom. The van der Waals surface area contributed by atoms with Crippen LogP contribution in [-0.2, 0) is 0 Å². The Kier molecular flexibility index (Phi) is 5.10. The molecule has 0 spiro atoms. The van der Waals surface area contributed by atoms with Gasteiger partial charge in [-0.25, -0.2) is 0 Å². The van der Waals surface area contributed by atoms with E-state index in [2.05, 4.69) is 25.8 Å². The van der Waals surface area contributed by atoms with Crippen molar-refractivity contribution in [2.75, 3.05) is 12.3 Å². The molecule has 0 aromatic carbocycles. The molecule has 4 heteroatoms. The average Bonchev–Trinajstić information content (AvgIpc) is 2.43. The summed E-state index contributed by atoms with van der Waals surface area (Å²) in [5.74, 6) is 2.61. The van der Waals surface area contributed by atoms with Crippen LogP contribution in [0.2, 0.25) is 0 Å². The first-order valence-corrected chi connectivity index (χ1v) is 7.66. The Hall–Kier alpha value is -1.45. The van der Waals surface area contributed by atoms with Crippen LogP contribution in [0.15, 0.2) is 12.1 Å². The van der Waals surface area contributed by atoms with Gasteiger partial charge < -0.3 is 15.2 Å². The Morgan fingerprint density at radius 1 is 1.25 bits per heavy atom. The molecule has 112 valence electrons. The van der Waals surface area contributed by atoms with E-state index in [1.165, 1.54) is 6.42 Å². The van der Waals surface area contributed by atoms with E-state index in [4.69, 9.17) is 15.2 Å². The Bertz CT molecular complexity index is 436. The molecule has 1 aromatic rings. The quantitative estimate of drug-likeness (QED) is 0.893. The van der Waals surface area contributed by atoms with E-state index in [0.29, 0.717) is 30.0 Å². The topological polar surface area (TPSA) is 57.4 Å². The van der Waals surface area contributed by atoms with Crippen LogP contribution in [0, 0.1) is 11.8 Å². The number of hydrogen-bond acceptors (Lipinski definition) is 4. The van der Waals surface area contributed by atoms with Crippen LogP contribution in [0.5, 0.6) is 11.8 Å². The monoisotopic (exact) mass is 278 g/mol. The maximum atomic E-state index is 6.00. The third kappa shape index (κ3) is 3.78. The lowest BCUT2D eigenvalue weighted by atomic mass is 9.80. The van der Waals surface area contributed by atoms with Crippen molar-refractivity contribution in [1.82, 2.24) is 4.98 Å². The molecule has 0 aliphatic heterocycles. The fourth-order valence-corrected chi connectivity index (χ4v) is 2.59. The van der Waals surface area contributed by atoms with Crippen molar-refractivity contribution in [1.29, 1.82) is 0 Å². The zero-order valence-electron chi connectivity index (χ0n) is 12.8. The number of nitrogens with two attached hydrogens (primary N) is 1. The second-order valence-corrected chi connectivity index (χ2v) is 5.90. The zero-order valence-corrected chi connectivity index (χ0v) is 12.8. The fraction of sp³-hybridized carbons (Fsp3) is 0.688. The molecule has 0 radical (unpaired) electrons. The summed E-state index contributed by atoms with van der Waals surface area (Å²) >= 11 is 0. The highest BCUT2D eigenvalue weighted by Crippen LogP contribution is 2.32. The number of anilines is 1. The van der Waals surface area contributed by atoms with Gasteiger partial charge in [-0.2, -0.15) is 4.98 Å². The molecule has 0 amide bonds. The predicted molar refractivity (Wildman–Crippen MR) is 81.0 cm³/mol. The van der Waals surface area contributed by atoms with Gasteiger partial charge in [0.2, 0.25) is 11.8 Å². The molecule has 1 heterocycles. The fourth-order valence-electron chi connectivity index (χ4n) is 2.59. The number of nitrogen functional groups attached to an aromatic ring is 1. The summed E-state index contributed by atoms with van der Waals surface area (Å²) in [4.78, 5) is 4.38. The molecule has 1 aromatic heterocycles. The van der Waals surface area contributed by atoms with Crippen LogP contribution in [0.3, 0.4) is 0 Å². The van der Waals surface area contributed by atoms with Crippen molar-refractivity contribution in [3.63, 3.8) is 0 Å². The number of nitrogens with zero attached hydrogens (tertiary/aromatic N) is 1. The standard InChI is InChI=1S/C16H26N2O2/c1-4-9-19-16-14(17)7-8-15(18-16)20-13-6-5-11(2)12(3)10-13/h7-8,11-13H,4-6,9-10,17H2,1-3H3. The summed E-state index contributed by atoms with van der Waals surface area (Å²) in [6.07, 6.45) is 4.61. The molecule has 0 bridgehead atoms. The minimum Gasteiger partial charge on any atom is -0.476 e. The minimum absolute atomic E-state index is 0.261. The summed E-state index contributed by atoms with van der Waals surface area (Å²) < 4.78 is 11.5. The first kappa shape index (κ1) is 14.9. The van der Waals surface area contributed by atoms with Crippen molar-refractivity contribution in [2.24, 2.45) is 11.8 Å².